The normalized spacial score (nSPS) is 18.7. The predicted molar refractivity (Wildman–Crippen MR) is 114 cm³/mol. The van der Waals surface area contributed by atoms with Gasteiger partial charge in [-0.3, -0.25) is 15.1 Å². The van der Waals surface area contributed by atoms with Crippen molar-refractivity contribution in [2.45, 2.75) is 24.7 Å². The lowest BCUT2D eigenvalue weighted by Gasteiger charge is -2.31. The molecule has 1 saturated heterocycles. The SMILES string of the molecule is NN1CCC[C@](NC(=O)OCc2ccccc2)([P+](=O)NC(=O)Nc2ccccc2)C1=O. The summed E-state index contributed by atoms with van der Waals surface area (Å²) in [6.07, 6.45) is -0.536. The minimum atomic E-state index is -2.78. The second-order valence-corrected chi connectivity index (χ2v) is 8.45. The van der Waals surface area contributed by atoms with Crippen molar-refractivity contribution in [3.8, 4) is 0 Å². The molecule has 11 heteroatoms. The van der Waals surface area contributed by atoms with Crippen LogP contribution in [0.2, 0.25) is 0 Å². The molecule has 1 aliphatic heterocycles. The number of rotatable bonds is 6. The summed E-state index contributed by atoms with van der Waals surface area (Å²) in [5.41, 5.74) is 1.22. The molecule has 1 aliphatic rings. The van der Waals surface area contributed by atoms with Crippen molar-refractivity contribution in [2.75, 3.05) is 11.9 Å². The zero-order chi connectivity index (χ0) is 22.3. The number of alkyl carbamates (subject to hydrolysis) is 1. The van der Waals surface area contributed by atoms with Crippen molar-refractivity contribution in [1.82, 2.24) is 15.4 Å². The Kier molecular flexibility index (Phi) is 7.17. The summed E-state index contributed by atoms with van der Waals surface area (Å²) < 4.78 is 18.3. The van der Waals surface area contributed by atoms with Gasteiger partial charge < -0.3 is 10.1 Å². The number of carbonyl (C=O) groups excluding carboxylic acids is 3. The summed E-state index contributed by atoms with van der Waals surface area (Å²) in [7, 11) is -2.78. The lowest BCUT2D eigenvalue weighted by molar-refractivity contribution is -0.138. The second kappa shape index (κ2) is 10.0. The molecule has 1 heterocycles. The summed E-state index contributed by atoms with van der Waals surface area (Å²) in [4.78, 5) is 37.5. The van der Waals surface area contributed by atoms with Crippen molar-refractivity contribution in [2.24, 2.45) is 5.84 Å². The Hall–Kier alpha value is -3.49. The van der Waals surface area contributed by atoms with E-state index in [0.717, 1.165) is 10.6 Å². The lowest BCUT2D eigenvalue weighted by Crippen LogP contribution is -2.63. The number of piperidine rings is 1. The van der Waals surface area contributed by atoms with E-state index >= 15 is 0 Å². The summed E-state index contributed by atoms with van der Waals surface area (Å²) in [6, 6.07) is 16.7. The minimum absolute atomic E-state index is 0.0286. The Labute approximate surface area is 179 Å². The van der Waals surface area contributed by atoms with Gasteiger partial charge in [0, 0.05) is 18.7 Å². The van der Waals surface area contributed by atoms with Gasteiger partial charge in [-0.25, -0.2) is 15.4 Å². The molecule has 0 aromatic heterocycles. The van der Waals surface area contributed by atoms with Gasteiger partial charge in [-0.05, 0) is 28.7 Å². The number of hydrazine groups is 1. The number of nitrogens with one attached hydrogen (secondary N) is 3. The Morgan fingerprint density at radius 1 is 1.10 bits per heavy atom. The van der Waals surface area contributed by atoms with Gasteiger partial charge >= 0.3 is 31.3 Å². The summed E-state index contributed by atoms with van der Waals surface area (Å²) in [6.45, 7) is 0.197. The van der Waals surface area contributed by atoms with Crippen molar-refractivity contribution in [1.29, 1.82) is 0 Å². The van der Waals surface area contributed by atoms with Gasteiger partial charge in [0.25, 0.3) is 0 Å². The summed E-state index contributed by atoms with van der Waals surface area (Å²) in [5, 5.41) is 6.14. The molecular weight excluding hydrogens is 421 g/mol. The first-order chi connectivity index (χ1) is 14.9. The number of anilines is 1. The average Bonchev–Trinajstić information content (AvgIpc) is 2.77. The lowest BCUT2D eigenvalue weighted by atomic mass is 10.1. The zero-order valence-corrected chi connectivity index (χ0v) is 17.5. The summed E-state index contributed by atoms with van der Waals surface area (Å²) in [5.74, 6) is 4.95. The predicted octanol–water partition coefficient (Wildman–Crippen LogP) is 2.67. The molecule has 0 bridgehead atoms. The first kappa shape index (κ1) is 22.2. The molecule has 10 nitrogen and oxygen atoms in total. The third kappa shape index (κ3) is 5.56. The van der Waals surface area contributed by atoms with E-state index < -0.39 is 31.3 Å². The Bertz CT molecular complexity index is 959. The average molecular weight is 444 g/mol. The Morgan fingerprint density at radius 3 is 2.42 bits per heavy atom. The van der Waals surface area contributed by atoms with E-state index in [2.05, 4.69) is 15.7 Å². The van der Waals surface area contributed by atoms with Gasteiger partial charge in [0.05, 0.1) is 0 Å². The Morgan fingerprint density at radius 2 is 1.74 bits per heavy atom. The number of amides is 4. The van der Waals surface area contributed by atoms with Crippen LogP contribution in [0.3, 0.4) is 0 Å². The standard InChI is InChI=1S/C20H22N5O5P/c21-25-13-7-12-20(17(25)26,23-19(28)30-14-15-8-3-1-4-9-15)31(29)24-18(27)22-16-10-5-2-6-11-16/h1-6,8-11H,7,12-14,21H2,(H2-,22,23,24,27,28,29)/p+1/t20-/m0/s1. The maximum Gasteiger partial charge on any atom is 0.502 e. The van der Waals surface area contributed by atoms with E-state index in [4.69, 9.17) is 10.6 Å². The molecule has 1 unspecified atom stereocenters. The van der Waals surface area contributed by atoms with Crippen LogP contribution in [-0.2, 0) is 20.7 Å². The van der Waals surface area contributed by atoms with Crippen molar-refractivity contribution >= 4 is 31.7 Å². The number of carbonyl (C=O) groups is 3. The number of nitrogens with two attached hydrogens (primary N) is 1. The molecule has 31 heavy (non-hydrogen) atoms. The van der Waals surface area contributed by atoms with E-state index in [1.54, 1.807) is 54.6 Å². The van der Waals surface area contributed by atoms with Crippen LogP contribution in [0.25, 0.3) is 0 Å². The van der Waals surface area contributed by atoms with Crippen LogP contribution >= 0.6 is 7.95 Å². The van der Waals surface area contributed by atoms with Gasteiger partial charge in [0.1, 0.15) is 6.61 Å². The number of hydrogen-bond acceptors (Lipinski definition) is 6. The number of para-hydroxylation sites is 1. The highest BCUT2D eigenvalue weighted by Gasteiger charge is 2.62. The molecule has 3 rings (SSSR count). The molecule has 0 aliphatic carbocycles. The fraction of sp³-hybridized carbons (Fsp3) is 0.250. The van der Waals surface area contributed by atoms with Crippen molar-refractivity contribution in [3.05, 3.63) is 66.2 Å². The largest absolute Gasteiger partial charge is 0.502 e. The minimum Gasteiger partial charge on any atom is -0.445 e. The highest BCUT2D eigenvalue weighted by Crippen LogP contribution is 2.41. The fourth-order valence-electron chi connectivity index (χ4n) is 3.10. The second-order valence-electron chi connectivity index (χ2n) is 6.88. The molecule has 2 aromatic carbocycles. The number of nitrogens with zero attached hydrogens (tertiary/aromatic N) is 1. The van der Waals surface area contributed by atoms with E-state index in [9.17, 15) is 18.9 Å². The third-order valence-corrected chi connectivity index (χ3v) is 6.28. The highest BCUT2D eigenvalue weighted by atomic mass is 31.1. The van der Waals surface area contributed by atoms with Crippen molar-refractivity contribution in [3.63, 3.8) is 0 Å². The van der Waals surface area contributed by atoms with Gasteiger partial charge in [0.2, 0.25) is 0 Å². The van der Waals surface area contributed by atoms with Crippen LogP contribution in [0, 0.1) is 0 Å². The van der Waals surface area contributed by atoms with Crippen molar-refractivity contribution < 1.29 is 23.7 Å². The van der Waals surface area contributed by atoms with Gasteiger partial charge in [0.15, 0.2) is 0 Å². The van der Waals surface area contributed by atoms with Crippen LogP contribution in [0.1, 0.15) is 18.4 Å². The number of benzene rings is 2. The molecule has 5 N–H and O–H groups in total. The first-order valence-corrected chi connectivity index (χ1v) is 10.8. The van der Waals surface area contributed by atoms with Gasteiger partial charge in [-0.1, -0.05) is 48.5 Å². The molecule has 1 fully saturated rings. The van der Waals surface area contributed by atoms with E-state index in [1.165, 1.54) is 0 Å². The number of ether oxygens (including phenoxy) is 1. The van der Waals surface area contributed by atoms with Crippen LogP contribution in [0.4, 0.5) is 15.3 Å². The van der Waals surface area contributed by atoms with Crippen LogP contribution < -0.4 is 21.6 Å². The first-order valence-electron chi connectivity index (χ1n) is 9.56. The maximum absolute atomic E-state index is 13.1. The molecular formula is C20H23N5O5P+. The summed E-state index contributed by atoms with van der Waals surface area (Å²) >= 11 is 0. The molecule has 0 spiro atoms. The topological polar surface area (TPSA) is 143 Å². The van der Waals surface area contributed by atoms with Gasteiger partial charge in [-0.15, -0.1) is 5.09 Å². The molecule has 162 valence electrons. The number of urea groups is 1. The van der Waals surface area contributed by atoms with E-state index in [0.29, 0.717) is 12.1 Å². The molecule has 2 aromatic rings. The molecule has 0 saturated carbocycles. The molecule has 0 radical (unpaired) electrons. The molecule has 4 amide bonds. The van der Waals surface area contributed by atoms with E-state index in [-0.39, 0.29) is 19.6 Å². The zero-order valence-electron chi connectivity index (χ0n) is 16.6. The fourth-order valence-corrected chi connectivity index (χ4v) is 4.39. The quantitative estimate of drug-likeness (QED) is 0.306. The maximum atomic E-state index is 13.1. The monoisotopic (exact) mass is 444 g/mol. The third-order valence-electron chi connectivity index (χ3n) is 4.66. The van der Waals surface area contributed by atoms with Gasteiger partial charge in [-0.2, -0.15) is 0 Å². The Balaban J connectivity index is 1.70. The molecule has 2 atom stereocenters. The van der Waals surface area contributed by atoms with Crippen LogP contribution in [-0.4, -0.2) is 34.9 Å². The number of hydrogen-bond donors (Lipinski definition) is 4. The smallest absolute Gasteiger partial charge is 0.445 e. The van der Waals surface area contributed by atoms with E-state index in [1.807, 2.05) is 6.07 Å². The highest BCUT2D eigenvalue weighted by molar-refractivity contribution is 7.46. The van der Waals surface area contributed by atoms with Crippen LogP contribution in [0.15, 0.2) is 60.7 Å². The van der Waals surface area contributed by atoms with Crippen LogP contribution in [0.5, 0.6) is 0 Å².